The number of rotatable bonds is 5. The molecule has 0 saturated heterocycles. The third-order valence-electron chi connectivity index (χ3n) is 3.15. The zero-order chi connectivity index (χ0) is 12.3. The second-order valence-electron chi connectivity index (χ2n) is 4.15. The summed E-state index contributed by atoms with van der Waals surface area (Å²) in [6.45, 7) is 4.13. The van der Waals surface area contributed by atoms with Crippen LogP contribution in [0.1, 0.15) is 12.5 Å². The Hall–Kier alpha value is -1.48. The van der Waals surface area contributed by atoms with Gasteiger partial charge in [-0.3, -0.25) is 0 Å². The summed E-state index contributed by atoms with van der Waals surface area (Å²) in [6.07, 6.45) is 3.29. The van der Waals surface area contributed by atoms with E-state index in [1.54, 1.807) is 7.11 Å². The van der Waals surface area contributed by atoms with Crippen molar-refractivity contribution in [1.82, 2.24) is 9.88 Å². The van der Waals surface area contributed by atoms with Crippen molar-refractivity contribution in [2.24, 2.45) is 0 Å². The Balaban J connectivity index is 2.55. The molecule has 92 valence electrons. The van der Waals surface area contributed by atoms with E-state index >= 15 is 0 Å². The summed E-state index contributed by atoms with van der Waals surface area (Å²) in [7, 11) is 3.72. The molecule has 1 N–H and O–H groups in total. The molecule has 0 aliphatic rings. The van der Waals surface area contributed by atoms with E-state index in [1.807, 2.05) is 13.1 Å². The summed E-state index contributed by atoms with van der Waals surface area (Å²) >= 11 is 0. The van der Waals surface area contributed by atoms with E-state index in [9.17, 15) is 0 Å². The van der Waals surface area contributed by atoms with E-state index in [2.05, 4.69) is 35.1 Å². The molecule has 0 amide bonds. The molecule has 0 saturated carbocycles. The average molecular weight is 232 g/mol. The van der Waals surface area contributed by atoms with Crippen molar-refractivity contribution in [3.8, 4) is 5.75 Å². The molecule has 1 aromatic carbocycles. The van der Waals surface area contributed by atoms with Gasteiger partial charge in [0.2, 0.25) is 0 Å². The minimum Gasteiger partial charge on any atom is -0.495 e. The van der Waals surface area contributed by atoms with Crippen LogP contribution >= 0.6 is 0 Å². The maximum absolute atomic E-state index is 5.45. The van der Waals surface area contributed by atoms with Crippen LogP contribution in [-0.4, -0.2) is 25.3 Å². The third kappa shape index (κ3) is 2.15. The highest BCUT2D eigenvalue weighted by Crippen LogP contribution is 2.29. The second-order valence-corrected chi connectivity index (χ2v) is 4.15. The third-order valence-corrected chi connectivity index (χ3v) is 3.15. The first kappa shape index (κ1) is 12.0. The number of aromatic nitrogens is 1. The van der Waals surface area contributed by atoms with Crippen LogP contribution in [0.3, 0.4) is 0 Å². The molecule has 0 bridgehead atoms. The van der Waals surface area contributed by atoms with Gasteiger partial charge in [0.25, 0.3) is 0 Å². The predicted octanol–water partition coefficient (Wildman–Crippen LogP) is 2.43. The topological polar surface area (TPSA) is 26.2 Å². The zero-order valence-electron chi connectivity index (χ0n) is 10.8. The fraction of sp³-hybridized carbons (Fsp3) is 0.429. The van der Waals surface area contributed by atoms with Crippen molar-refractivity contribution in [3.63, 3.8) is 0 Å². The van der Waals surface area contributed by atoms with E-state index in [0.29, 0.717) is 0 Å². The number of likely N-dealkylation sites (N-methyl/N-ethyl adjacent to an activating group) is 1. The van der Waals surface area contributed by atoms with Gasteiger partial charge in [-0.25, -0.2) is 0 Å². The van der Waals surface area contributed by atoms with E-state index in [0.717, 1.165) is 25.3 Å². The standard InChI is InChI=1S/C14H20N2O/c1-4-16-10-11(8-9-15-2)12-6-5-7-13(17-3)14(12)16/h5-7,10,15H,4,8-9H2,1-3H3. The molecule has 3 heteroatoms. The van der Waals surface area contributed by atoms with Gasteiger partial charge in [-0.05, 0) is 38.6 Å². The van der Waals surface area contributed by atoms with E-state index in [4.69, 9.17) is 4.74 Å². The molecule has 0 spiro atoms. The number of nitrogens with zero attached hydrogens (tertiary/aromatic N) is 1. The average Bonchev–Trinajstić information content (AvgIpc) is 2.74. The van der Waals surface area contributed by atoms with Crippen molar-refractivity contribution in [2.45, 2.75) is 19.9 Å². The van der Waals surface area contributed by atoms with Crippen molar-refractivity contribution < 1.29 is 4.74 Å². The second kappa shape index (κ2) is 5.23. The van der Waals surface area contributed by atoms with E-state index in [1.165, 1.54) is 16.5 Å². The molecule has 1 heterocycles. The lowest BCUT2D eigenvalue weighted by molar-refractivity contribution is 0.417. The molecule has 1 aromatic heterocycles. The molecule has 3 nitrogen and oxygen atoms in total. The van der Waals surface area contributed by atoms with E-state index in [-0.39, 0.29) is 0 Å². The number of hydrogen-bond donors (Lipinski definition) is 1. The van der Waals surface area contributed by atoms with Crippen LogP contribution in [0.5, 0.6) is 5.75 Å². The lowest BCUT2D eigenvalue weighted by Crippen LogP contribution is -2.09. The highest BCUT2D eigenvalue weighted by atomic mass is 16.5. The first-order chi connectivity index (χ1) is 8.31. The maximum atomic E-state index is 5.45. The summed E-state index contributed by atoms with van der Waals surface area (Å²) in [6, 6.07) is 6.26. The zero-order valence-corrected chi connectivity index (χ0v) is 10.8. The number of ether oxygens (including phenoxy) is 1. The Morgan fingerprint density at radius 1 is 1.35 bits per heavy atom. The summed E-state index contributed by atoms with van der Waals surface area (Å²) in [5.74, 6) is 0.958. The van der Waals surface area contributed by atoms with Crippen LogP contribution in [-0.2, 0) is 13.0 Å². The van der Waals surface area contributed by atoms with Crippen molar-refractivity contribution in [1.29, 1.82) is 0 Å². The molecular formula is C14H20N2O. The number of benzene rings is 1. The lowest BCUT2D eigenvalue weighted by Gasteiger charge is -2.06. The lowest BCUT2D eigenvalue weighted by atomic mass is 10.1. The molecular weight excluding hydrogens is 212 g/mol. The molecule has 2 rings (SSSR count). The van der Waals surface area contributed by atoms with Crippen LogP contribution in [0, 0.1) is 0 Å². The smallest absolute Gasteiger partial charge is 0.143 e. The van der Waals surface area contributed by atoms with Gasteiger partial charge in [0.1, 0.15) is 5.75 Å². The van der Waals surface area contributed by atoms with Gasteiger partial charge in [0.15, 0.2) is 0 Å². The monoisotopic (exact) mass is 232 g/mol. The van der Waals surface area contributed by atoms with Gasteiger partial charge in [-0.15, -0.1) is 0 Å². The number of nitrogens with one attached hydrogen (secondary N) is 1. The Kier molecular flexibility index (Phi) is 3.69. The molecule has 0 aliphatic carbocycles. The van der Waals surface area contributed by atoms with Gasteiger partial charge >= 0.3 is 0 Å². The van der Waals surface area contributed by atoms with Crippen LogP contribution in [0.25, 0.3) is 10.9 Å². The quantitative estimate of drug-likeness (QED) is 0.857. The molecule has 0 atom stereocenters. The summed E-state index contributed by atoms with van der Waals surface area (Å²) in [4.78, 5) is 0. The summed E-state index contributed by atoms with van der Waals surface area (Å²) in [5, 5.41) is 4.50. The Labute approximate surface area is 102 Å². The molecule has 0 unspecified atom stereocenters. The number of methoxy groups -OCH3 is 1. The normalized spacial score (nSPS) is 11.0. The highest BCUT2D eigenvalue weighted by Gasteiger charge is 2.11. The number of aryl methyl sites for hydroxylation is 1. The highest BCUT2D eigenvalue weighted by molar-refractivity contribution is 5.89. The van der Waals surface area contributed by atoms with Gasteiger partial charge < -0.3 is 14.6 Å². The van der Waals surface area contributed by atoms with E-state index < -0.39 is 0 Å². The van der Waals surface area contributed by atoms with Gasteiger partial charge in [0.05, 0.1) is 12.6 Å². The minimum absolute atomic E-state index is 0.958. The predicted molar refractivity (Wildman–Crippen MR) is 71.8 cm³/mol. The minimum atomic E-state index is 0.958. The van der Waals surface area contributed by atoms with Gasteiger partial charge in [-0.2, -0.15) is 0 Å². The van der Waals surface area contributed by atoms with Gasteiger partial charge in [-0.1, -0.05) is 12.1 Å². The van der Waals surface area contributed by atoms with Crippen LogP contribution in [0.4, 0.5) is 0 Å². The first-order valence-corrected chi connectivity index (χ1v) is 6.11. The van der Waals surface area contributed by atoms with Crippen LogP contribution in [0.2, 0.25) is 0 Å². The Morgan fingerprint density at radius 3 is 2.82 bits per heavy atom. The van der Waals surface area contributed by atoms with Crippen molar-refractivity contribution in [2.75, 3.05) is 20.7 Å². The first-order valence-electron chi connectivity index (χ1n) is 6.11. The Bertz CT molecular complexity index is 502. The Morgan fingerprint density at radius 2 is 2.18 bits per heavy atom. The summed E-state index contributed by atoms with van der Waals surface area (Å²) in [5.41, 5.74) is 2.60. The number of para-hydroxylation sites is 1. The molecule has 0 fully saturated rings. The number of hydrogen-bond acceptors (Lipinski definition) is 2. The fourth-order valence-corrected chi connectivity index (χ4v) is 2.27. The largest absolute Gasteiger partial charge is 0.495 e. The number of fused-ring (bicyclic) bond motifs is 1. The van der Waals surface area contributed by atoms with Crippen LogP contribution in [0.15, 0.2) is 24.4 Å². The molecule has 0 radical (unpaired) electrons. The molecule has 0 aliphatic heterocycles. The summed E-state index contributed by atoms with van der Waals surface area (Å²) < 4.78 is 7.71. The molecule has 2 aromatic rings. The van der Waals surface area contributed by atoms with Gasteiger partial charge in [0, 0.05) is 18.1 Å². The van der Waals surface area contributed by atoms with Crippen molar-refractivity contribution in [3.05, 3.63) is 30.0 Å². The molecule has 17 heavy (non-hydrogen) atoms. The fourth-order valence-electron chi connectivity index (χ4n) is 2.27. The van der Waals surface area contributed by atoms with Crippen LogP contribution < -0.4 is 10.1 Å². The SMILES string of the molecule is CCn1cc(CCNC)c2cccc(OC)c21. The maximum Gasteiger partial charge on any atom is 0.143 e. The van der Waals surface area contributed by atoms with Crippen molar-refractivity contribution >= 4 is 10.9 Å².